The molecule has 94 valence electrons. The zero-order chi connectivity index (χ0) is 13.1. The smallest absolute Gasteiger partial charge is 0.130 e. The number of aliphatic hydroxyl groups is 1. The van der Waals surface area contributed by atoms with Gasteiger partial charge in [-0.1, -0.05) is 51.8 Å². The number of rotatable bonds is 3. The highest BCUT2D eigenvalue weighted by Gasteiger charge is 2.17. The van der Waals surface area contributed by atoms with Crippen molar-refractivity contribution in [1.29, 1.82) is 0 Å². The van der Waals surface area contributed by atoms with Gasteiger partial charge in [0.25, 0.3) is 0 Å². The van der Waals surface area contributed by atoms with E-state index in [0.717, 1.165) is 5.56 Å². The molecule has 4 heteroatoms. The molecule has 0 radical (unpaired) electrons. The maximum absolute atomic E-state index is 13.7. The Labute approximate surface area is 118 Å². The highest BCUT2D eigenvalue weighted by atomic mass is 79.9. The molecule has 1 atom stereocenters. The predicted molar refractivity (Wildman–Crippen MR) is 74.2 cm³/mol. The second-order valence-corrected chi connectivity index (χ2v) is 5.21. The summed E-state index contributed by atoms with van der Waals surface area (Å²) in [6.45, 7) is 0. The minimum absolute atomic E-state index is 0.261. The van der Waals surface area contributed by atoms with E-state index in [1.807, 2.05) is 18.2 Å². The molecule has 1 N–H and O–H groups in total. The van der Waals surface area contributed by atoms with E-state index < -0.39 is 11.9 Å². The number of aliphatic hydroxyl groups excluding tert-OH is 1. The van der Waals surface area contributed by atoms with Crippen LogP contribution in [0.25, 0.3) is 0 Å². The van der Waals surface area contributed by atoms with Crippen molar-refractivity contribution in [3.05, 3.63) is 68.9 Å². The molecule has 0 spiro atoms. The number of hydrogen-bond donors (Lipinski definition) is 1. The van der Waals surface area contributed by atoms with Gasteiger partial charge in [0.05, 0.1) is 6.10 Å². The molecule has 0 amide bonds. The normalized spacial score (nSPS) is 12.4. The first-order valence-electron chi connectivity index (χ1n) is 5.45. The van der Waals surface area contributed by atoms with Gasteiger partial charge in [0.1, 0.15) is 5.82 Å². The van der Waals surface area contributed by atoms with Crippen LogP contribution in [0.5, 0.6) is 0 Å². The van der Waals surface area contributed by atoms with Gasteiger partial charge in [0, 0.05) is 21.5 Å². The molecule has 1 unspecified atom stereocenters. The summed E-state index contributed by atoms with van der Waals surface area (Å²) in [5, 5.41) is 10.7. The van der Waals surface area contributed by atoms with Crippen LogP contribution < -0.4 is 0 Å². The topological polar surface area (TPSA) is 20.2 Å². The van der Waals surface area contributed by atoms with E-state index in [0.29, 0.717) is 9.50 Å². The summed E-state index contributed by atoms with van der Waals surface area (Å²) < 4.78 is 14.2. The summed E-state index contributed by atoms with van der Waals surface area (Å²) >= 11 is 9.27. The Morgan fingerprint density at radius 3 is 2.56 bits per heavy atom. The van der Waals surface area contributed by atoms with E-state index in [2.05, 4.69) is 15.9 Å². The quantitative estimate of drug-likeness (QED) is 0.878. The van der Waals surface area contributed by atoms with Crippen molar-refractivity contribution in [2.75, 3.05) is 0 Å². The van der Waals surface area contributed by atoms with Gasteiger partial charge in [-0.25, -0.2) is 4.39 Å². The van der Waals surface area contributed by atoms with Crippen LogP contribution in [0.3, 0.4) is 0 Å². The summed E-state index contributed by atoms with van der Waals surface area (Å²) in [5.41, 5.74) is 1.05. The summed E-state index contributed by atoms with van der Waals surface area (Å²) in [5.74, 6) is -0.427. The van der Waals surface area contributed by atoms with Gasteiger partial charge in [-0.2, -0.15) is 0 Å². The lowest BCUT2D eigenvalue weighted by atomic mass is 10.0. The van der Waals surface area contributed by atoms with Crippen LogP contribution in [-0.2, 0) is 6.42 Å². The third-order valence-corrected chi connectivity index (χ3v) is 3.76. The van der Waals surface area contributed by atoms with Crippen molar-refractivity contribution in [1.82, 2.24) is 0 Å². The van der Waals surface area contributed by atoms with E-state index in [1.54, 1.807) is 18.2 Å². The van der Waals surface area contributed by atoms with E-state index in [9.17, 15) is 9.50 Å². The first-order chi connectivity index (χ1) is 8.59. The van der Waals surface area contributed by atoms with Gasteiger partial charge in [0.15, 0.2) is 0 Å². The minimum atomic E-state index is -0.930. The standard InChI is InChI=1S/C14H11BrClFO/c15-10-5-3-7-12(17)14(10)13(18)8-9-4-1-2-6-11(9)16/h1-7,13,18H,8H2. The van der Waals surface area contributed by atoms with Crippen LogP contribution in [0.4, 0.5) is 4.39 Å². The van der Waals surface area contributed by atoms with E-state index in [1.165, 1.54) is 6.07 Å². The zero-order valence-corrected chi connectivity index (χ0v) is 11.7. The van der Waals surface area contributed by atoms with Crippen molar-refractivity contribution in [2.45, 2.75) is 12.5 Å². The first kappa shape index (κ1) is 13.5. The van der Waals surface area contributed by atoms with Gasteiger partial charge >= 0.3 is 0 Å². The van der Waals surface area contributed by atoms with Gasteiger partial charge in [-0.3, -0.25) is 0 Å². The second kappa shape index (κ2) is 5.83. The molecular weight excluding hydrogens is 319 g/mol. The number of halogens is 3. The maximum Gasteiger partial charge on any atom is 0.130 e. The van der Waals surface area contributed by atoms with Crippen molar-refractivity contribution in [3.63, 3.8) is 0 Å². The Morgan fingerprint density at radius 1 is 1.17 bits per heavy atom. The molecule has 1 nitrogen and oxygen atoms in total. The lowest BCUT2D eigenvalue weighted by Gasteiger charge is -2.14. The fourth-order valence-electron chi connectivity index (χ4n) is 1.80. The first-order valence-corrected chi connectivity index (χ1v) is 6.62. The Hall–Kier alpha value is -0.900. The molecule has 0 saturated carbocycles. The summed E-state index contributed by atoms with van der Waals surface area (Å²) in [6, 6.07) is 11.8. The van der Waals surface area contributed by atoms with Crippen molar-refractivity contribution < 1.29 is 9.50 Å². The fourth-order valence-corrected chi connectivity index (χ4v) is 2.62. The van der Waals surface area contributed by atoms with Crippen LogP contribution in [0, 0.1) is 5.82 Å². The molecule has 0 bridgehead atoms. The number of benzene rings is 2. The zero-order valence-electron chi connectivity index (χ0n) is 9.41. The Bertz CT molecular complexity index is 539. The van der Waals surface area contributed by atoms with Crippen LogP contribution in [0.2, 0.25) is 5.02 Å². The maximum atomic E-state index is 13.7. The SMILES string of the molecule is OC(Cc1ccccc1Cl)c1c(F)cccc1Br. The number of hydrogen-bond acceptors (Lipinski definition) is 1. The Balaban J connectivity index is 2.28. The Kier molecular flexibility index (Phi) is 4.38. The van der Waals surface area contributed by atoms with Gasteiger partial charge in [-0.15, -0.1) is 0 Å². The van der Waals surface area contributed by atoms with Crippen LogP contribution in [0.1, 0.15) is 17.2 Å². The molecule has 0 aromatic heterocycles. The predicted octanol–water partition coefficient (Wildman–Crippen LogP) is 4.52. The third kappa shape index (κ3) is 2.91. The molecule has 2 aromatic carbocycles. The molecule has 0 fully saturated rings. The lowest BCUT2D eigenvalue weighted by Crippen LogP contribution is -2.05. The molecule has 0 aliphatic rings. The monoisotopic (exact) mass is 328 g/mol. The molecule has 18 heavy (non-hydrogen) atoms. The van der Waals surface area contributed by atoms with E-state index >= 15 is 0 Å². The van der Waals surface area contributed by atoms with Crippen molar-refractivity contribution >= 4 is 27.5 Å². The summed E-state index contributed by atoms with van der Waals surface area (Å²) in [7, 11) is 0. The molecule has 0 saturated heterocycles. The largest absolute Gasteiger partial charge is 0.388 e. The molecule has 0 heterocycles. The lowest BCUT2D eigenvalue weighted by molar-refractivity contribution is 0.173. The Morgan fingerprint density at radius 2 is 1.89 bits per heavy atom. The molecule has 0 aliphatic heterocycles. The average Bonchev–Trinajstić information content (AvgIpc) is 2.32. The molecule has 0 aliphatic carbocycles. The van der Waals surface area contributed by atoms with Crippen molar-refractivity contribution in [3.8, 4) is 0 Å². The highest BCUT2D eigenvalue weighted by Crippen LogP contribution is 2.30. The van der Waals surface area contributed by atoms with Crippen LogP contribution in [-0.4, -0.2) is 5.11 Å². The van der Waals surface area contributed by atoms with Crippen LogP contribution >= 0.6 is 27.5 Å². The third-order valence-electron chi connectivity index (χ3n) is 2.70. The highest BCUT2D eigenvalue weighted by molar-refractivity contribution is 9.10. The fraction of sp³-hybridized carbons (Fsp3) is 0.143. The van der Waals surface area contributed by atoms with E-state index in [-0.39, 0.29) is 12.0 Å². The van der Waals surface area contributed by atoms with Gasteiger partial charge in [0.2, 0.25) is 0 Å². The molecule has 2 rings (SSSR count). The summed E-state index contributed by atoms with van der Waals surface area (Å²) in [4.78, 5) is 0. The van der Waals surface area contributed by atoms with Gasteiger partial charge < -0.3 is 5.11 Å². The van der Waals surface area contributed by atoms with Crippen LogP contribution in [0.15, 0.2) is 46.9 Å². The average molecular weight is 330 g/mol. The molecule has 2 aromatic rings. The van der Waals surface area contributed by atoms with Gasteiger partial charge in [-0.05, 0) is 23.8 Å². The van der Waals surface area contributed by atoms with Crippen molar-refractivity contribution in [2.24, 2.45) is 0 Å². The molecular formula is C14H11BrClFO. The minimum Gasteiger partial charge on any atom is -0.388 e. The van der Waals surface area contributed by atoms with E-state index in [4.69, 9.17) is 11.6 Å². The summed E-state index contributed by atoms with van der Waals surface area (Å²) in [6.07, 6.45) is -0.653. The second-order valence-electron chi connectivity index (χ2n) is 3.95.